The van der Waals surface area contributed by atoms with E-state index in [0.29, 0.717) is 16.8 Å². The third-order valence-corrected chi connectivity index (χ3v) is 4.57. The van der Waals surface area contributed by atoms with E-state index >= 15 is 0 Å². The number of aromatic nitrogens is 2. The second-order valence-corrected chi connectivity index (χ2v) is 6.48. The second kappa shape index (κ2) is 8.69. The molecule has 1 aromatic heterocycles. The molecule has 2 atom stereocenters. The summed E-state index contributed by atoms with van der Waals surface area (Å²) in [7, 11) is 3.23. The van der Waals surface area contributed by atoms with E-state index in [1.165, 1.54) is 0 Å². The van der Waals surface area contributed by atoms with Crippen molar-refractivity contribution >= 4 is 11.5 Å². The van der Waals surface area contributed by atoms with Crippen LogP contribution in [0.25, 0.3) is 5.57 Å². The number of rotatable bonds is 4. The summed E-state index contributed by atoms with van der Waals surface area (Å²) < 4.78 is 0. The molecule has 1 saturated carbocycles. The molecule has 0 radical (unpaired) electrons. The summed E-state index contributed by atoms with van der Waals surface area (Å²) in [6, 6.07) is 13.0. The lowest BCUT2D eigenvalue weighted by Crippen LogP contribution is -2.21. The molecule has 2 N–H and O–H groups in total. The van der Waals surface area contributed by atoms with Crippen LogP contribution in [0.1, 0.15) is 40.4 Å². The van der Waals surface area contributed by atoms with Gasteiger partial charge in [-0.2, -0.15) is 10.5 Å². The van der Waals surface area contributed by atoms with Crippen LogP contribution in [0.5, 0.6) is 0 Å². The molecule has 1 aliphatic carbocycles. The number of benzene rings is 1. The number of nitrogens with zero attached hydrogens (tertiary/aromatic N) is 4. The molecule has 0 aliphatic heterocycles. The van der Waals surface area contributed by atoms with Crippen LogP contribution < -0.4 is 10.6 Å². The Balaban J connectivity index is 1.85. The largest absolute Gasteiger partial charge is 0.393 e. The van der Waals surface area contributed by atoms with Crippen LogP contribution in [-0.2, 0) is 4.79 Å². The highest BCUT2D eigenvalue weighted by Gasteiger charge is 2.39. The van der Waals surface area contributed by atoms with E-state index in [9.17, 15) is 10.1 Å². The fraction of sp³-hybridized carbons (Fsp3) is 0.227. The van der Waals surface area contributed by atoms with E-state index in [4.69, 9.17) is 5.26 Å². The topological polar surface area (TPSA) is 114 Å². The Bertz CT molecular complexity index is 1110. The number of hydrogen-bond acceptors (Lipinski definition) is 6. The van der Waals surface area contributed by atoms with E-state index in [2.05, 4.69) is 44.8 Å². The molecule has 3 rings (SSSR count). The van der Waals surface area contributed by atoms with Gasteiger partial charge in [-0.3, -0.25) is 4.79 Å². The Kier molecular flexibility index (Phi) is 5.88. The lowest BCUT2D eigenvalue weighted by molar-refractivity contribution is -0.115. The number of hydrogen-bond donors (Lipinski definition) is 2. The molecule has 1 aliphatic rings. The quantitative estimate of drug-likeness (QED) is 0.614. The first-order valence-corrected chi connectivity index (χ1v) is 9.00. The highest BCUT2D eigenvalue weighted by Crippen LogP contribution is 2.48. The summed E-state index contributed by atoms with van der Waals surface area (Å²) in [5, 5.41) is 31.7. The van der Waals surface area contributed by atoms with Crippen molar-refractivity contribution in [2.24, 2.45) is 5.92 Å². The van der Waals surface area contributed by atoms with E-state index in [1.54, 1.807) is 38.5 Å². The van der Waals surface area contributed by atoms with Gasteiger partial charge in [0.1, 0.15) is 11.8 Å². The summed E-state index contributed by atoms with van der Waals surface area (Å²) in [5.41, 5.74) is 3.18. The first-order valence-electron chi connectivity index (χ1n) is 9.00. The number of nitrogens with one attached hydrogen (secondary N) is 2. The molecule has 0 bridgehead atoms. The third kappa shape index (κ3) is 4.40. The molecule has 1 fully saturated rings. The number of carbonyl (C=O) groups excluding carboxylic acids is 1. The second-order valence-electron chi connectivity index (χ2n) is 6.48. The van der Waals surface area contributed by atoms with Gasteiger partial charge in [0.15, 0.2) is 5.69 Å². The summed E-state index contributed by atoms with van der Waals surface area (Å²) in [6.45, 7) is 0. The lowest BCUT2D eigenvalue weighted by Gasteiger charge is -2.08. The highest BCUT2D eigenvalue weighted by atomic mass is 16.1. The molecular weight excluding hydrogens is 364 g/mol. The minimum absolute atomic E-state index is 0.0744. The molecule has 1 heterocycles. The van der Waals surface area contributed by atoms with Gasteiger partial charge in [0.25, 0.3) is 5.91 Å². The zero-order valence-electron chi connectivity index (χ0n) is 16.0. The van der Waals surface area contributed by atoms with Crippen molar-refractivity contribution in [3.63, 3.8) is 0 Å². The van der Waals surface area contributed by atoms with Gasteiger partial charge in [-0.05, 0) is 42.3 Å². The average Bonchev–Trinajstić information content (AvgIpc) is 3.55. The number of amides is 1. The van der Waals surface area contributed by atoms with Gasteiger partial charge in [-0.15, -0.1) is 10.2 Å². The Morgan fingerprint density at radius 3 is 2.48 bits per heavy atom. The SMILES string of the molecule is CN/C=C(\C(=O)NC)c1cc(C2CC2C#Cc2ccc(C#N)cc2)c(C#N)nn1. The van der Waals surface area contributed by atoms with Crippen molar-refractivity contribution in [3.05, 3.63) is 64.6 Å². The van der Waals surface area contributed by atoms with Crippen molar-refractivity contribution in [2.75, 3.05) is 14.1 Å². The smallest absolute Gasteiger partial charge is 0.254 e. The number of nitriles is 2. The Morgan fingerprint density at radius 1 is 1.14 bits per heavy atom. The van der Waals surface area contributed by atoms with Crippen molar-refractivity contribution in [1.29, 1.82) is 10.5 Å². The van der Waals surface area contributed by atoms with Gasteiger partial charge in [-0.1, -0.05) is 11.8 Å². The van der Waals surface area contributed by atoms with Crippen molar-refractivity contribution < 1.29 is 4.79 Å². The third-order valence-electron chi connectivity index (χ3n) is 4.57. The maximum absolute atomic E-state index is 12.1. The predicted molar refractivity (Wildman–Crippen MR) is 107 cm³/mol. The number of likely N-dealkylation sites (N-methyl/N-ethyl adjacent to an activating group) is 1. The molecule has 2 unspecified atom stereocenters. The van der Waals surface area contributed by atoms with Crippen molar-refractivity contribution in [3.8, 4) is 24.0 Å². The predicted octanol–water partition coefficient (Wildman–Crippen LogP) is 1.68. The molecular formula is C22H18N6O. The maximum atomic E-state index is 12.1. The van der Waals surface area contributed by atoms with Crippen LogP contribution in [-0.4, -0.2) is 30.2 Å². The summed E-state index contributed by atoms with van der Waals surface area (Å²) in [6.07, 6.45) is 2.36. The van der Waals surface area contributed by atoms with E-state index in [1.807, 2.05) is 12.1 Å². The molecule has 7 heteroatoms. The van der Waals surface area contributed by atoms with Crippen LogP contribution in [0.15, 0.2) is 36.5 Å². The monoisotopic (exact) mass is 382 g/mol. The van der Waals surface area contributed by atoms with Crippen molar-refractivity contribution in [1.82, 2.24) is 20.8 Å². The van der Waals surface area contributed by atoms with Gasteiger partial charge in [0.05, 0.1) is 17.2 Å². The van der Waals surface area contributed by atoms with Crippen LogP contribution >= 0.6 is 0 Å². The fourth-order valence-electron chi connectivity index (χ4n) is 2.94. The minimum Gasteiger partial charge on any atom is -0.393 e. The van der Waals surface area contributed by atoms with Gasteiger partial charge < -0.3 is 10.6 Å². The Hall–Kier alpha value is -4.15. The van der Waals surface area contributed by atoms with Gasteiger partial charge >= 0.3 is 0 Å². The molecule has 142 valence electrons. The zero-order chi connectivity index (χ0) is 20.8. The van der Waals surface area contributed by atoms with Crippen LogP contribution in [0.2, 0.25) is 0 Å². The van der Waals surface area contributed by atoms with E-state index < -0.39 is 0 Å². The first kappa shape index (κ1) is 19.6. The summed E-state index contributed by atoms with van der Waals surface area (Å²) >= 11 is 0. The van der Waals surface area contributed by atoms with Crippen LogP contribution in [0.3, 0.4) is 0 Å². The molecule has 29 heavy (non-hydrogen) atoms. The van der Waals surface area contributed by atoms with Gasteiger partial charge in [-0.25, -0.2) is 0 Å². The first-order chi connectivity index (χ1) is 14.1. The summed E-state index contributed by atoms with van der Waals surface area (Å²) in [4.78, 5) is 12.1. The molecule has 2 aromatic rings. The Labute approximate surface area is 169 Å². The fourth-order valence-corrected chi connectivity index (χ4v) is 2.94. The molecule has 1 amide bonds. The zero-order valence-corrected chi connectivity index (χ0v) is 16.0. The van der Waals surface area contributed by atoms with E-state index in [0.717, 1.165) is 17.5 Å². The van der Waals surface area contributed by atoms with Crippen LogP contribution in [0.4, 0.5) is 0 Å². The maximum Gasteiger partial charge on any atom is 0.254 e. The summed E-state index contributed by atoms with van der Waals surface area (Å²) in [5.74, 6) is 6.22. The standard InChI is InChI=1S/C22H18N6O/c1-25-13-19(22(29)26-2)20-10-18(21(12-24)28-27-20)17-9-16(17)8-7-14-3-5-15(11-23)6-4-14/h3-6,10,13,16-17,25H,9H2,1-2H3,(H,26,29)/b19-13-. The Morgan fingerprint density at radius 2 is 1.86 bits per heavy atom. The lowest BCUT2D eigenvalue weighted by atomic mass is 10.0. The average molecular weight is 382 g/mol. The normalized spacial score (nSPS) is 17.2. The minimum atomic E-state index is -0.294. The molecule has 0 spiro atoms. The highest BCUT2D eigenvalue weighted by molar-refractivity contribution is 6.18. The molecule has 0 saturated heterocycles. The van der Waals surface area contributed by atoms with Crippen molar-refractivity contribution in [2.45, 2.75) is 12.3 Å². The van der Waals surface area contributed by atoms with E-state index in [-0.39, 0.29) is 23.4 Å². The van der Waals surface area contributed by atoms with Crippen LogP contribution in [0, 0.1) is 40.4 Å². The molecule has 1 aromatic carbocycles. The number of carbonyl (C=O) groups is 1. The van der Waals surface area contributed by atoms with Gasteiger partial charge in [0.2, 0.25) is 0 Å². The molecule has 7 nitrogen and oxygen atoms in total. The van der Waals surface area contributed by atoms with Gasteiger partial charge in [0, 0.05) is 37.7 Å².